The highest BCUT2D eigenvalue weighted by Gasteiger charge is 2.26. The minimum atomic E-state index is -3.74. The summed E-state index contributed by atoms with van der Waals surface area (Å²) < 4.78 is 32.1. The molecule has 0 aromatic heterocycles. The fourth-order valence-corrected chi connectivity index (χ4v) is 3.20. The molecule has 0 heterocycles. The van der Waals surface area contributed by atoms with Gasteiger partial charge in [0.25, 0.3) is 10.2 Å². The molecule has 0 aliphatic heterocycles. The molecule has 1 rings (SSSR count). The Kier molecular flexibility index (Phi) is 7.06. The lowest BCUT2D eigenvalue weighted by molar-refractivity contribution is 0.210. The van der Waals surface area contributed by atoms with Gasteiger partial charge in [0.2, 0.25) is 0 Å². The highest BCUT2D eigenvalue weighted by Crippen LogP contribution is 2.16. The summed E-state index contributed by atoms with van der Waals surface area (Å²) in [5, 5.41) is 17.9. The number of hydrogen-bond donors (Lipinski definition) is 2. The second kappa shape index (κ2) is 8.30. The molecule has 8 heteroatoms. The van der Waals surface area contributed by atoms with Crippen LogP contribution in [-0.4, -0.2) is 67.7 Å². The highest BCUT2D eigenvalue weighted by molar-refractivity contribution is 7.86. The molecule has 2 N–H and O–H groups in total. The quantitative estimate of drug-likeness (QED) is 0.650. The number of hydrogen-bond acceptors (Lipinski definition) is 5. The van der Waals surface area contributed by atoms with Crippen LogP contribution in [0.1, 0.15) is 5.56 Å². The molecule has 0 aliphatic carbocycles. The molecule has 1 aromatic rings. The van der Waals surface area contributed by atoms with Crippen molar-refractivity contribution < 1.29 is 23.4 Å². The lowest BCUT2D eigenvalue weighted by atomic mass is 10.2. The third-order valence-electron chi connectivity index (χ3n) is 2.96. The molecular formula is C13H22N2O5S. The van der Waals surface area contributed by atoms with Crippen molar-refractivity contribution in [2.45, 2.75) is 6.54 Å². The third-order valence-corrected chi connectivity index (χ3v) is 4.89. The maximum Gasteiger partial charge on any atom is 0.282 e. The highest BCUT2D eigenvalue weighted by atomic mass is 32.2. The van der Waals surface area contributed by atoms with E-state index < -0.39 is 10.2 Å². The molecular weight excluding hydrogens is 296 g/mol. The van der Waals surface area contributed by atoms with Crippen LogP contribution in [0.25, 0.3) is 0 Å². The average molecular weight is 318 g/mol. The van der Waals surface area contributed by atoms with Gasteiger partial charge < -0.3 is 14.9 Å². The van der Waals surface area contributed by atoms with Crippen LogP contribution in [0.5, 0.6) is 5.75 Å². The summed E-state index contributed by atoms with van der Waals surface area (Å²) in [5.74, 6) is 0.654. The van der Waals surface area contributed by atoms with Crippen molar-refractivity contribution in [3.05, 3.63) is 29.8 Å². The maximum atomic E-state index is 12.4. The first kappa shape index (κ1) is 17.9. The normalized spacial score (nSPS) is 12.1. The van der Waals surface area contributed by atoms with E-state index in [0.717, 1.165) is 9.87 Å². The van der Waals surface area contributed by atoms with Crippen LogP contribution in [0, 0.1) is 0 Å². The summed E-state index contributed by atoms with van der Waals surface area (Å²) in [6, 6.07) is 7.13. The predicted octanol–water partition coefficient (Wildman–Crippen LogP) is -0.342. The van der Waals surface area contributed by atoms with Crippen LogP contribution >= 0.6 is 0 Å². The van der Waals surface area contributed by atoms with Crippen molar-refractivity contribution in [3.8, 4) is 5.75 Å². The Morgan fingerprint density at radius 2 is 1.81 bits per heavy atom. The van der Waals surface area contributed by atoms with Gasteiger partial charge in [-0.3, -0.25) is 0 Å². The van der Waals surface area contributed by atoms with Gasteiger partial charge in [-0.15, -0.1) is 0 Å². The Morgan fingerprint density at radius 1 is 1.19 bits per heavy atom. The van der Waals surface area contributed by atoms with Crippen molar-refractivity contribution in [1.29, 1.82) is 0 Å². The van der Waals surface area contributed by atoms with Crippen molar-refractivity contribution in [1.82, 2.24) is 8.61 Å². The zero-order valence-corrected chi connectivity index (χ0v) is 13.1. The summed E-state index contributed by atoms with van der Waals surface area (Å²) in [4.78, 5) is 0. The van der Waals surface area contributed by atoms with Crippen molar-refractivity contribution in [2.75, 3.05) is 40.5 Å². The van der Waals surface area contributed by atoms with E-state index in [-0.39, 0.29) is 32.8 Å². The topological polar surface area (TPSA) is 90.3 Å². The van der Waals surface area contributed by atoms with Gasteiger partial charge in [-0.1, -0.05) is 12.1 Å². The number of ether oxygens (including phenoxy) is 1. The molecule has 0 bridgehead atoms. The van der Waals surface area contributed by atoms with Crippen molar-refractivity contribution in [2.24, 2.45) is 0 Å². The third kappa shape index (κ3) is 4.94. The van der Waals surface area contributed by atoms with Crippen LogP contribution in [0.2, 0.25) is 0 Å². The lowest BCUT2D eigenvalue weighted by Crippen LogP contribution is -2.44. The monoisotopic (exact) mass is 318 g/mol. The second-order valence-electron chi connectivity index (χ2n) is 4.46. The van der Waals surface area contributed by atoms with Crippen molar-refractivity contribution >= 4 is 10.2 Å². The number of rotatable bonds is 9. The fraction of sp³-hybridized carbons (Fsp3) is 0.538. The Hall–Kier alpha value is -1.19. The van der Waals surface area contributed by atoms with Gasteiger partial charge in [-0.2, -0.15) is 17.0 Å². The largest absolute Gasteiger partial charge is 0.497 e. The molecule has 0 saturated heterocycles. The molecule has 120 valence electrons. The van der Waals surface area contributed by atoms with Crippen LogP contribution in [-0.2, 0) is 16.8 Å². The van der Waals surface area contributed by atoms with Crippen LogP contribution in [0.3, 0.4) is 0 Å². The van der Waals surface area contributed by atoms with Crippen LogP contribution in [0.15, 0.2) is 24.3 Å². The molecule has 0 atom stereocenters. The van der Waals surface area contributed by atoms with Gasteiger partial charge in [-0.25, -0.2) is 0 Å². The molecule has 7 nitrogen and oxygen atoms in total. The number of methoxy groups -OCH3 is 1. The molecule has 0 spiro atoms. The van der Waals surface area contributed by atoms with E-state index in [2.05, 4.69) is 0 Å². The van der Waals surface area contributed by atoms with E-state index in [0.29, 0.717) is 5.75 Å². The Balaban J connectivity index is 2.86. The van der Waals surface area contributed by atoms with E-state index in [1.165, 1.54) is 11.4 Å². The zero-order chi connectivity index (χ0) is 15.9. The van der Waals surface area contributed by atoms with Gasteiger partial charge in [-0.05, 0) is 17.7 Å². The van der Waals surface area contributed by atoms with Crippen LogP contribution in [0.4, 0.5) is 0 Å². The zero-order valence-electron chi connectivity index (χ0n) is 12.3. The first-order valence-electron chi connectivity index (χ1n) is 6.51. The van der Waals surface area contributed by atoms with Gasteiger partial charge in [0.15, 0.2) is 0 Å². The first-order chi connectivity index (χ1) is 9.95. The molecule has 0 radical (unpaired) electrons. The van der Waals surface area contributed by atoms with E-state index in [9.17, 15) is 8.42 Å². The lowest BCUT2D eigenvalue weighted by Gasteiger charge is -2.26. The van der Waals surface area contributed by atoms with E-state index in [4.69, 9.17) is 14.9 Å². The molecule has 0 amide bonds. The summed E-state index contributed by atoms with van der Waals surface area (Å²) >= 11 is 0. The summed E-state index contributed by atoms with van der Waals surface area (Å²) in [6.45, 7) is -0.526. The van der Waals surface area contributed by atoms with Gasteiger partial charge >= 0.3 is 0 Å². The smallest absolute Gasteiger partial charge is 0.282 e. The molecule has 0 aliphatic rings. The van der Waals surface area contributed by atoms with Gasteiger partial charge in [0, 0.05) is 26.7 Å². The Labute approximate surface area is 125 Å². The standard InChI is InChI=1S/C13H22N2O5S/c1-14(11-12-4-3-5-13(10-12)20-2)21(18,19)15(6-8-16)7-9-17/h3-5,10,16-17H,6-9,11H2,1-2H3. The number of aliphatic hydroxyl groups is 2. The first-order valence-corrected chi connectivity index (χ1v) is 7.91. The minimum absolute atomic E-state index is 0.0503. The number of nitrogens with zero attached hydrogens (tertiary/aromatic N) is 2. The van der Waals surface area contributed by atoms with Crippen molar-refractivity contribution in [3.63, 3.8) is 0 Å². The van der Waals surface area contributed by atoms with E-state index in [1.807, 2.05) is 0 Å². The van der Waals surface area contributed by atoms with E-state index in [1.54, 1.807) is 31.4 Å². The summed E-state index contributed by atoms with van der Waals surface area (Å²) in [5.41, 5.74) is 0.786. The van der Waals surface area contributed by atoms with Gasteiger partial charge in [0.05, 0.1) is 20.3 Å². The van der Waals surface area contributed by atoms with Gasteiger partial charge in [0.1, 0.15) is 5.75 Å². The van der Waals surface area contributed by atoms with Crippen LogP contribution < -0.4 is 4.74 Å². The summed E-state index contributed by atoms with van der Waals surface area (Å²) in [6.07, 6.45) is 0. The summed E-state index contributed by atoms with van der Waals surface area (Å²) in [7, 11) is -0.737. The minimum Gasteiger partial charge on any atom is -0.497 e. The Bertz CT molecular complexity index is 529. The molecule has 1 aromatic carbocycles. The molecule has 21 heavy (non-hydrogen) atoms. The van der Waals surface area contributed by atoms with E-state index >= 15 is 0 Å². The Morgan fingerprint density at radius 3 is 2.33 bits per heavy atom. The predicted molar refractivity (Wildman–Crippen MR) is 79.1 cm³/mol. The molecule has 0 fully saturated rings. The number of benzene rings is 1. The average Bonchev–Trinajstić information content (AvgIpc) is 2.47. The number of aliphatic hydroxyl groups excluding tert-OH is 2. The molecule has 0 saturated carbocycles. The maximum absolute atomic E-state index is 12.4. The fourth-order valence-electron chi connectivity index (χ4n) is 1.87. The SMILES string of the molecule is COc1cccc(CN(C)S(=O)(=O)N(CCO)CCO)c1. The second-order valence-corrected chi connectivity index (χ2v) is 6.50. The molecule has 0 unspecified atom stereocenters.